The van der Waals surface area contributed by atoms with Crippen LogP contribution >= 0.6 is 0 Å². The molecule has 1 heterocycles. The summed E-state index contributed by atoms with van der Waals surface area (Å²) in [6.07, 6.45) is 2.69. The largest absolute Gasteiger partial charge is 0.461 e. The van der Waals surface area contributed by atoms with E-state index in [9.17, 15) is 14.4 Å². The van der Waals surface area contributed by atoms with E-state index in [4.69, 9.17) is 16.0 Å². The number of ether oxygens (including phenoxy) is 1. The molecular formula is C21H28N5O4+. The highest BCUT2D eigenvalue weighted by Gasteiger charge is 2.27. The van der Waals surface area contributed by atoms with Gasteiger partial charge in [0.25, 0.3) is 0 Å². The number of hydrogen-bond donors (Lipinski definition) is 3. The molecule has 0 radical (unpaired) electrons. The number of nitrogens with one attached hydrogen (secondary N) is 2. The second-order valence-electron chi connectivity index (χ2n) is 7.40. The van der Waals surface area contributed by atoms with Gasteiger partial charge in [0.05, 0.1) is 22.5 Å². The Hall–Kier alpha value is -3.29. The number of rotatable bonds is 10. The number of para-hydroxylation sites is 1. The van der Waals surface area contributed by atoms with Gasteiger partial charge in [0.2, 0.25) is 11.7 Å². The quantitative estimate of drug-likeness (QED) is 0.231. The molecule has 30 heavy (non-hydrogen) atoms. The summed E-state index contributed by atoms with van der Waals surface area (Å²) >= 11 is 0. The first-order valence-corrected chi connectivity index (χ1v) is 9.75. The number of carbonyl (C=O) groups is 3. The number of aryl methyl sites for hydroxylation is 1. The van der Waals surface area contributed by atoms with E-state index in [-0.39, 0.29) is 18.9 Å². The van der Waals surface area contributed by atoms with Crippen LogP contribution in [0, 0.1) is 5.53 Å². The highest BCUT2D eigenvalue weighted by atomic mass is 16.5. The molecule has 0 bridgehead atoms. The van der Waals surface area contributed by atoms with Gasteiger partial charge in [-0.1, -0.05) is 18.2 Å². The van der Waals surface area contributed by atoms with Gasteiger partial charge in [-0.15, -0.1) is 0 Å². The van der Waals surface area contributed by atoms with Gasteiger partial charge in [-0.25, -0.2) is 4.79 Å². The van der Waals surface area contributed by atoms with E-state index in [2.05, 4.69) is 10.1 Å². The molecule has 9 nitrogen and oxygen atoms in total. The molecule has 160 valence electrons. The first kappa shape index (κ1) is 23.0. The fourth-order valence-corrected chi connectivity index (χ4v) is 3.18. The van der Waals surface area contributed by atoms with Crippen LogP contribution in [-0.4, -0.2) is 51.4 Å². The van der Waals surface area contributed by atoms with Crippen LogP contribution in [0.25, 0.3) is 10.9 Å². The van der Waals surface area contributed by atoms with Crippen molar-refractivity contribution in [1.82, 2.24) is 9.88 Å². The van der Waals surface area contributed by atoms with Crippen molar-refractivity contribution in [2.24, 2.45) is 12.8 Å². The lowest BCUT2D eigenvalue weighted by Crippen LogP contribution is -2.50. The number of Topliss-reactive ketones (excluding diaryl/α,β-unsaturated/α-hetero) is 1. The topological polar surface area (TPSA) is 141 Å². The summed E-state index contributed by atoms with van der Waals surface area (Å²) in [5.41, 5.74) is 14.8. The monoisotopic (exact) mass is 414 g/mol. The van der Waals surface area contributed by atoms with Gasteiger partial charge in [0.15, 0.2) is 0 Å². The van der Waals surface area contributed by atoms with Crippen molar-refractivity contribution in [2.75, 3.05) is 0 Å². The van der Waals surface area contributed by atoms with E-state index >= 15 is 0 Å². The Balaban J connectivity index is 2.09. The zero-order chi connectivity index (χ0) is 22.3. The van der Waals surface area contributed by atoms with Gasteiger partial charge < -0.3 is 20.4 Å². The Labute approximate surface area is 174 Å². The van der Waals surface area contributed by atoms with E-state index in [1.54, 1.807) is 13.8 Å². The smallest absolute Gasteiger partial charge is 0.372 e. The predicted octanol–water partition coefficient (Wildman–Crippen LogP) is 1.14. The standard InChI is InChI=1S/C21H27N5O4/c1-13(2)30-21(29)18(9-8-15(27)11-24-23)25-20(28)17(22)10-14-12-26(3)19-7-5-4-6-16(14)19/h4-7,11-13,17-18,23H,8-10,22H2,1-3H3/p+1/t17-,18-/m0/s1. The van der Waals surface area contributed by atoms with Crippen LogP contribution in [0.5, 0.6) is 0 Å². The normalized spacial score (nSPS) is 12.8. The van der Waals surface area contributed by atoms with E-state index in [1.807, 2.05) is 42.1 Å². The van der Waals surface area contributed by atoms with Crippen LogP contribution in [-0.2, 0) is 32.6 Å². The third kappa shape index (κ3) is 6.10. The molecule has 9 heteroatoms. The number of carbonyl (C=O) groups excluding carboxylic acids is 3. The van der Waals surface area contributed by atoms with Crippen molar-refractivity contribution < 1.29 is 23.9 Å². The SMILES string of the molecule is CC(C)OC(=O)[C@H](CCC(=O)C=[N+]=N)NC(=O)[C@@H](N)Cc1cn(C)c2ccccc12. The van der Waals surface area contributed by atoms with Gasteiger partial charge in [-0.3, -0.25) is 9.59 Å². The number of benzene rings is 1. The van der Waals surface area contributed by atoms with Crippen molar-refractivity contribution in [1.29, 1.82) is 5.53 Å². The van der Waals surface area contributed by atoms with Crippen LogP contribution in [0.1, 0.15) is 32.3 Å². The van der Waals surface area contributed by atoms with Gasteiger partial charge >= 0.3 is 12.2 Å². The van der Waals surface area contributed by atoms with E-state index in [1.165, 1.54) is 0 Å². The van der Waals surface area contributed by atoms with Gasteiger partial charge in [0.1, 0.15) is 6.04 Å². The fourth-order valence-electron chi connectivity index (χ4n) is 3.18. The highest BCUT2D eigenvalue weighted by molar-refractivity contribution is 6.25. The molecular weight excluding hydrogens is 386 g/mol. The Morgan fingerprint density at radius 2 is 2.00 bits per heavy atom. The molecule has 0 aliphatic carbocycles. The molecule has 2 rings (SSSR count). The number of ketones is 1. The van der Waals surface area contributed by atoms with Gasteiger partial charge in [-0.05, 0) is 38.3 Å². The minimum Gasteiger partial charge on any atom is -0.461 e. The minimum absolute atomic E-state index is 0.0309. The summed E-state index contributed by atoms with van der Waals surface area (Å²) in [7, 11) is 1.92. The van der Waals surface area contributed by atoms with E-state index < -0.39 is 29.7 Å². The number of nitrogens with zero attached hydrogens (tertiary/aromatic N) is 2. The average Bonchev–Trinajstić information content (AvgIpc) is 3.00. The summed E-state index contributed by atoms with van der Waals surface area (Å²) in [6, 6.07) is 5.93. The summed E-state index contributed by atoms with van der Waals surface area (Å²) in [5, 5.41) is 3.62. The summed E-state index contributed by atoms with van der Waals surface area (Å²) in [6.45, 7) is 3.39. The van der Waals surface area contributed by atoms with Crippen LogP contribution in [0.3, 0.4) is 0 Å². The highest BCUT2D eigenvalue weighted by Crippen LogP contribution is 2.21. The maximum Gasteiger partial charge on any atom is 0.372 e. The number of fused-ring (bicyclic) bond motifs is 1. The summed E-state index contributed by atoms with van der Waals surface area (Å²) in [4.78, 5) is 39.6. The Morgan fingerprint density at radius 1 is 1.30 bits per heavy atom. The Bertz CT molecular complexity index is 975. The van der Waals surface area contributed by atoms with Crippen molar-refractivity contribution in [3.05, 3.63) is 36.0 Å². The minimum atomic E-state index is -1.01. The van der Waals surface area contributed by atoms with Crippen LogP contribution < -0.4 is 11.1 Å². The van der Waals surface area contributed by atoms with Crippen molar-refractivity contribution in [2.45, 2.75) is 51.3 Å². The number of hydrogen-bond acceptors (Lipinski definition) is 6. The zero-order valence-electron chi connectivity index (χ0n) is 17.4. The van der Waals surface area contributed by atoms with Gasteiger partial charge in [-0.2, -0.15) is 0 Å². The zero-order valence-corrected chi connectivity index (χ0v) is 17.4. The lowest BCUT2D eigenvalue weighted by Gasteiger charge is -2.20. The molecule has 0 aliphatic rings. The molecule has 0 fully saturated rings. The Kier molecular flexibility index (Phi) is 8.03. The number of nitrogens with two attached hydrogens (primary N) is 1. The summed E-state index contributed by atoms with van der Waals surface area (Å²) < 4.78 is 7.15. The summed E-state index contributed by atoms with van der Waals surface area (Å²) in [5.74, 6) is -1.55. The molecule has 2 atom stereocenters. The maximum atomic E-state index is 12.7. The van der Waals surface area contributed by atoms with Crippen LogP contribution in [0.4, 0.5) is 0 Å². The molecule has 0 aliphatic heterocycles. The third-order valence-corrected chi connectivity index (χ3v) is 4.60. The van der Waals surface area contributed by atoms with Crippen molar-refractivity contribution >= 4 is 34.8 Å². The lowest BCUT2D eigenvalue weighted by atomic mass is 10.0. The second-order valence-corrected chi connectivity index (χ2v) is 7.40. The van der Waals surface area contributed by atoms with Crippen molar-refractivity contribution in [3.8, 4) is 0 Å². The second kappa shape index (κ2) is 10.5. The van der Waals surface area contributed by atoms with E-state index in [0.717, 1.165) is 22.7 Å². The first-order chi connectivity index (χ1) is 14.2. The third-order valence-electron chi connectivity index (χ3n) is 4.60. The van der Waals surface area contributed by atoms with Crippen LogP contribution in [0.15, 0.2) is 30.5 Å². The molecule has 0 spiro atoms. The van der Waals surface area contributed by atoms with Crippen LogP contribution in [0.2, 0.25) is 0 Å². The van der Waals surface area contributed by atoms with E-state index in [0.29, 0.717) is 6.42 Å². The average molecular weight is 414 g/mol. The molecule has 1 amide bonds. The predicted molar refractivity (Wildman–Crippen MR) is 111 cm³/mol. The molecule has 0 saturated heterocycles. The number of esters is 1. The molecule has 2 aromatic rings. The number of amides is 1. The molecule has 4 N–H and O–H groups in total. The first-order valence-electron chi connectivity index (χ1n) is 9.75. The fraction of sp³-hybridized carbons (Fsp3) is 0.429. The number of aromatic nitrogens is 1. The van der Waals surface area contributed by atoms with Gasteiger partial charge in [0, 0.05) is 30.6 Å². The molecule has 0 saturated carbocycles. The molecule has 1 aromatic heterocycles. The maximum absolute atomic E-state index is 12.7. The molecule has 1 aromatic carbocycles. The lowest BCUT2D eigenvalue weighted by molar-refractivity contribution is -0.151. The van der Waals surface area contributed by atoms with Crippen molar-refractivity contribution in [3.63, 3.8) is 0 Å². The Morgan fingerprint density at radius 3 is 2.67 bits per heavy atom. The molecule has 0 unspecified atom stereocenters.